The molecule has 2 atom stereocenters. The summed E-state index contributed by atoms with van der Waals surface area (Å²) >= 11 is 0. The Kier molecular flexibility index (Phi) is 3.26. The van der Waals surface area contributed by atoms with Crippen LogP contribution in [-0.2, 0) is 0 Å². The lowest BCUT2D eigenvalue weighted by molar-refractivity contribution is 0.0690. The van der Waals surface area contributed by atoms with E-state index in [-0.39, 0.29) is 5.69 Å². The molecule has 0 amide bonds. The lowest BCUT2D eigenvalue weighted by Crippen LogP contribution is -2.35. The average molecular weight is 235 g/mol. The molecule has 0 aromatic carbocycles. The molecule has 1 N–H and O–H groups in total. The summed E-state index contributed by atoms with van der Waals surface area (Å²) in [5, 5.41) is 8.93. The minimum Gasteiger partial charge on any atom is -0.477 e. The van der Waals surface area contributed by atoms with E-state index in [1.807, 2.05) is 0 Å². The van der Waals surface area contributed by atoms with Crippen LogP contribution in [0.5, 0.6) is 0 Å². The predicted octanol–water partition coefficient (Wildman–Crippen LogP) is 1.94. The first-order chi connectivity index (χ1) is 8.13. The van der Waals surface area contributed by atoms with E-state index in [2.05, 4.69) is 28.7 Å². The van der Waals surface area contributed by atoms with Crippen LogP contribution >= 0.6 is 0 Å². The van der Waals surface area contributed by atoms with Crippen LogP contribution in [0, 0.1) is 0 Å². The van der Waals surface area contributed by atoms with Gasteiger partial charge in [0.1, 0.15) is 0 Å². The summed E-state index contributed by atoms with van der Waals surface area (Å²) in [6.45, 7) is 4.27. The van der Waals surface area contributed by atoms with Crippen molar-refractivity contribution in [1.29, 1.82) is 0 Å². The molecule has 2 unspecified atom stereocenters. The number of rotatable bonds is 3. The Morgan fingerprint density at radius 3 is 3.00 bits per heavy atom. The molecule has 1 aliphatic heterocycles. The Bertz CT molecular complexity index is 422. The Hall–Kier alpha value is -1.65. The van der Waals surface area contributed by atoms with Gasteiger partial charge in [-0.3, -0.25) is 0 Å². The molecule has 92 valence electrons. The first-order valence-corrected chi connectivity index (χ1v) is 5.98. The van der Waals surface area contributed by atoms with Crippen molar-refractivity contribution in [2.45, 2.75) is 45.2 Å². The van der Waals surface area contributed by atoms with E-state index >= 15 is 0 Å². The number of carboxylic acids is 1. The number of aromatic nitrogens is 2. The van der Waals surface area contributed by atoms with Gasteiger partial charge in [0.2, 0.25) is 5.95 Å². The van der Waals surface area contributed by atoms with Crippen LogP contribution in [0.1, 0.15) is 43.6 Å². The van der Waals surface area contributed by atoms with Gasteiger partial charge in [0, 0.05) is 18.3 Å². The minimum absolute atomic E-state index is 0.0592. The van der Waals surface area contributed by atoms with Gasteiger partial charge in [-0.2, -0.15) is 0 Å². The quantitative estimate of drug-likeness (QED) is 0.867. The summed E-state index contributed by atoms with van der Waals surface area (Å²) in [5.41, 5.74) is 0.0592. The van der Waals surface area contributed by atoms with Crippen molar-refractivity contribution in [2.75, 3.05) is 4.90 Å². The van der Waals surface area contributed by atoms with Gasteiger partial charge >= 0.3 is 5.97 Å². The fraction of sp³-hybridized carbons (Fsp3) is 0.583. The summed E-state index contributed by atoms with van der Waals surface area (Å²) in [7, 11) is 0. The number of nitrogens with zero attached hydrogens (tertiary/aromatic N) is 3. The highest BCUT2D eigenvalue weighted by Crippen LogP contribution is 2.29. The molecule has 1 fully saturated rings. The number of hydrogen-bond donors (Lipinski definition) is 1. The molecular formula is C12H17N3O2. The van der Waals surface area contributed by atoms with E-state index in [9.17, 15) is 4.79 Å². The normalized spacial score (nSPS) is 24.0. The van der Waals surface area contributed by atoms with Gasteiger partial charge in [0.15, 0.2) is 5.69 Å². The molecule has 2 rings (SSSR count). The zero-order chi connectivity index (χ0) is 12.4. The smallest absolute Gasteiger partial charge is 0.354 e. The highest BCUT2D eigenvalue weighted by molar-refractivity contribution is 5.85. The molecule has 1 aromatic rings. The van der Waals surface area contributed by atoms with Gasteiger partial charge in [-0.25, -0.2) is 14.8 Å². The maximum Gasteiger partial charge on any atom is 0.354 e. The van der Waals surface area contributed by atoms with Gasteiger partial charge in [-0.15, -0.1) is 0 Å². The number of carbonyl (C=O) groups is 1. The van der Waals surface area contributed by atoms with Crippen LogP contribution in [0.2, 0.25) is 0 Å². The fourth-order valence-corrected chi connectivity index (χ4v) is 2.42. The third-order valence-electron chi connectivity index (χ3n) is 3.35. The standard InChI is InChI=1S/C12H17N3O2/c1-3-9-5-4-8(2)15(9)12-13-7-6-10(14-12)11(16)17/h6-9H,3-5H2,1-2H3,(H,16,17). The lowest BCUT2D eigenvalue weighted by atomic mass is 10.2. The molecule has 2 heterocycles. The van der Waals surface area contributed by atoms with Crippen molar-refractivity contribution in [3.8, 4) is 0 Å². The van der Waals surface area contributed by atoms with Crippen LogP contribution in [0.4, 0.5) is 5.95 Å². The van der Waals surface area contributed by atoms with Crippen molar-refractivity contribution in [3.05, 3.63) is 18.0 Å². The van der Waals surface area contributed by atoms with Crippen molar-refractivity contribution in [2.24, 2.45) is 0 Å². The molecule has 0 spiro atoms. The largest absolute Gasteiger partial charge is 0.477 e. The monoisotopic (exact) mass is 235 g/mol. The van der Waals surface area contributed by atoms with Gasteiger partial charge in [-0.05, 0) is 32.3 Å². The second-order valence-electron chi connectivity index (χ2n) is 4.44. The molecule has 1 aliphatic rings. The van der Waals surface area contributed by atoms with Crippen LogP contribution in [0.25, 0.3) is 0 Å². The maximum atomic E-state index is 10.9. The Morgan fingerprint density at radius 1 is 1.59 bits per heavy atom. The van der Waals surface area contributed by atoms with E-state index in [0.29, 0.717) is 18.0 Å². The fourth-order valence-electron chi connectivity index (χ4n) is 2.42. The summed E-state index contributed by atoms with van der Waals surface area (Å²) in [4.78, 5) is 21.4. The second-order valence-corrected chi connectivity index (χ2v) is 4.44. The molecule has 1 saturated heterocycles. The van der Waals surface area contributed by atoms with Crippen LogP contribution in [-0.4, -0.2) is 33.1 Å². The van der Waals surface area contributed by atoms with Gasteiger partial charge in [-0.1, -0.05) is 6.92 Å². The van der Waals surface area contributed by atoms with E-state index in [1.54, 1.807) is 0 Å². The molecular weight excluding hydrogens is 218 g/mol. The highest BCUT2D eigenvalue weighted by atomic mass is 16.4. The Balaban J connectivity index is 2.32. The zero-order valence-electron chi connectivity index (χ0n) is 10.1. The summed E-state index contributed by atoms with van der Waals surface area (Å²) in [5.74, 6) is -0.463. The van der Waals surface area contributed by atoms with E-state index in [4.69, 9.17) is 5.11 Å². The van der Waals surface area contributed by atoms with Crippen molar-refractivity contribution in [3.63, 3.8) is 0 Å². The minimum atomic E-state index is -1.01. The molecule has 0 aliphatic carbocycles. The second kappa shape index (κ2) is 4.69. The van der Waals surface area contributed by atoms with Gasteiger partial charge < -0.3 is 10.0 Å². The van der Waals surface area contributed by atoms with Crippen LogP contribution in [0.3, 0.4) is 0 Å². The maximum absolute atomic E-state index is 10.9. The summed E-state index contributed by atoms with van der Waals surface area (Å²) in [6.07, 6.45) is 4.78. The SMILES string of the molecule is CCC1CCC(C)N1c1nccc(C(=O)O)n1. The van der Waals surface area contributed by atoms with E-state index in [0.717, 1.165) is 19.3 Å². The third kappa shape index (κ3) is 2.23. The van der Waals surface area contributed by atoms with Crippen LogP contribution in [0.15, 0.2) is 12.3 Å². The van der Waals surface area contributed by atoms with E-state index in [1.165, 1.54) is 12.3 Å². The first-order valence-electron chi connectivity index (χ1n) is 5.98. The highest BCUT2D eigenvalue weighted by Gasteiger charge is 2.31. The summed E-state index contributed by atoms with van der Waals surface area (Å²) < 4.78 is 0. The average Bonchev–Trinajstić information content (AvgIpc) is 2.70. The topological polar surface area (TPSA) is 66.3 Å². The number of carboxylic acid groups (broad SMARTS) is 1. The zero-order valence-corrected chi connectivity index (χ0v) is 10.1. The molecule has 0 saturated carbocycles. The van der Waals surface area contributed by atoms with Gasteiger partial charge in [0.05, 0.1) is 0 Å². The first kappa shape index (κ1) is 11.8. The number of aromatic carboxylic acids is 1. The molecule has 17 heavy (non-hydrogen) atoms. The molecule has 0 radical (unpaired) electrons. The van der Waals surface area contributed by atoms with Crippen molar-refractivity contribution >= 4 is 11.9 Å². The third-order valence-corrected chi connectivity index (χ3v) is 3.35. The molecule has 5 heteroatoms. The Morgan fingerprint density at radius 2 is 2.35 bits per heavy atom. The molecule has 5 nitrogen and oxygen atoms in total. The molecule has 0 bridgehead atoms. The van der Waals surface area contributed by atoms with Crippen molar-refractivity contribution < 1.29 is 9.90 Å². The number of hydrogen-bond acceptors (Lipinski definition) is 4. The Labute approximate surface area is 100 Å². The molecule has 1 aromatic heterocycles. The van der Waals surface area contributed by atoms with Crippen LogP contribution < -0.4 is 4.90 Å². The summed E-state index contributed by atoms with van der Waals surface area (Å²) in [6, 6.07) is 2.23. The van der Waals surface area contributed by atoms with Crippen molar-refractivity contribution in [1.82, 2.24) is 9.97 Å². The number of anilines is 1. The van der Waals surface area contributed by atoms with E-state index < -0.39 is 5.97 Å². The van der Waals surface area contributed by atoms with Gasteiger partial charge in [0.25, 0.3) is 0 Å². The predicted molar refractivity (Wildman–Crippen MR) is 64.2 cm³/mol. The lowest BCUT2D eigenvalue weighted by Gasteiger charge is -2.27.